The van der Waals surface area contributed by atoms with Crippen molar-refractivity contribution in [2.75, 3.05) is 33.3 Å². The molecule has 0 spiro atoms. The molecule has 3 fully saturated rings. The Bertz CT molecular complexity index is 2070. The van der Waals surface area contributed by atoms with Crippen LogP contribution in [0.2, 0.25) is 0 Å². The Balaban J connectivity index is 1.79. The molecule has 2 aliphatic carbocycles. The second kappa shape index (κ2) is 24.4. The zero-order valence-electron chi connectivity index (χ0n) is 47.5. The maximum absolute atomic E-state index is 14.0. The normalized spacial score (nSPS) is 29.1. The average molecular weight is 1090 g/mol. The van der Waals surface area contributed by atoms with E-state index in [0.717, 1.165) is 4.90 Å². The molecular formula is C51H89N7O18. The number of nitrogens with zero attached hydrogens (tertiary/aromatic N) is 1. The topological polar surface area (TPSA) is 333 Å². The number of likely N-dealkylation sites (N-methyl/N-ethyl adjacent to an activating group) is 1. The average Bonchev–Trinajstić information content (AvgIpc) is 3.97. The van der Waals surface area contributed by atoms with Crippen LogP contribution < -0.4 is 31.9 Å². The van der Waals surface area contributed by atoms with E-state index in [2.05, 4.69) is 31.9 Å². The van der Waals surface area contributed by atoms with Crippen molar-refractivity contribution < 1.29 is 87.1 Å². The van der Waals surface area contributed by atoms with Crippen molar-refractivity contribution in [3.63, 3.8) is 0 Å². The van der Waals surface area contributed by atoms with Crippen molar-refractivity contribution in [3.05, 3.63) is 11.8 Å². The van der Waals surface area contributed by atoms with E-state index in [1.807, 2.05) is 0 Å². The van der Waals surface area contributed by atoms with Crippen molar-refractivity contribution in [2.24, 2.45) is 5.92 Å². The van der Waals surface area contributed by atoms with Gasteiger partial charge in [-0.3, -0.25) is 4.79 Å². The fourth-order valence-electron chi connectivity index (χ4n) is 9.00. The number of ether oxygens (including phenoxy) is 8. The van der Waals surface area contributed by atoms with Crippen LogP contribution in [-0.4, -0.2) is 195 Å². The summed E-state index contributed by atoms with van der Waals surface area (Å²) in [5.41, 5.74) is -7.00. The van der Waals surface area contributed by atoms with Crippen LogP contribution in [0.15, 0.2) is 11.8 Å². The Morgan fingerprint density at radius 2 is 1.24 bits per heavy atom. The zero-order chi connectivity index (χ0) is 57.7. The molecule has 0 bridgehead atoms. The Kier molecular flexibility index (Phi) is 20.4. The maximum atomic E-state index is 14.0. The first-order chi connectivity index (χ1) is 34.6. The van der Waals surface area contributed by atoms with Gasteiger partial charge in [-0.1, -0.05) is 0 Å². The molecule has 10 N–H and O–H groups in total. The minimum absolute atomic E-state index is 0.100. The van der Waals surface area contributed by atoms with Gasteiger partial charge in [-0.05, 0) is 143 Å². The van der Waals surface area contributed by atoms with E-state index >= 15 is 0 Å². The Hall–Kier alpha value is -4.92. The number of nitrogens with one attached hydrogen (secondary N) is 6. The smallest absolute Gasteiger partial charge is 0.410 e. The van der Waals surface area contributed by atoms with Gasteiger partial charge in [-0.25, -0.2) is 24.0 Å². The fourth-order valence-corrected chi connectivity index (χ4v) is 9.00. The lowest BCUT2D eigenvalue weighted by Crippen LogP contribution is -2.71. The molecule has 0 aromatic heterocycles. The highest BCUT2D eigenvalue weighted by Gasteiger charge is 2.57. The third-order valence-corrected chi connectivity index (χ3v) is 12.2. The number of alkyl carbamates (subject to hydrolysis) is 4. The molecular weight excluding hydrogens is 999 g/mol. The molecule has 25 nitrogen and oxygen atoms in total. The van der Waals surface area contributed by atoms with Gasteiger partial charge in [0.15, 0.2) is 6.29 Å². The summed E-state index contributed by atoms with van der Waals surface area (Å²) in [6.07, 6.45) is -11.5. The van der Waals surface area contributed by atoms with Gasteiger partial charge in [0, 0.05) is 25.6 Å². The maximum Gasteiger partial charge on any atom is 0.410 e. The lowest BCUT2D eigenvalue weighted by molar-refractivity contribution is -0.305. The van der Waals surface area contributed by atoms with Gasteiger partial charge < -0.3 is 95.1 Å². The molecule has 0 radical (unpaired) electrons. The summed E-state index contributed by atoms with van der Waals surface area (Å²) >= 11 is 0. The summed E-state index contributed by atoms with van der Waals surface area (Å²) in [5, 5.41) is 64.7. The van der Waals surface area contributed by atoms with Gasteiger partial charge in [0.1, 0.15) is 63.8 Å². The number of carbonyl (C=O) groups excluding carboxylic acids is 6. The van der Waals surface area contributed by atoms with Crippen LogP contribution in [0.1, 0.15) is 136 Å². The lowest BCUT2D eigenvalue weighted by atomic mass is 9.72. The summed E-state index contributed by atoms with van der Waals surface area (Å²) < 4.78 is 46.8. The summed E-state index contributed by atoms with van der Waals surface area (Å²) in [7, 11) is 1.31. The number of carbonyl (C=O) groups is 6. The molecule has 12 atom stereocenters. The number of aliphatic hydroxyl groups is 4. The molecule has 0 aromatic carbocycles. The quantitative estimate of drug-likeness (QED) is 0.105. The monoisotopic (exact) mass is 1090 g/mol. The predicted octanol–water partition coefficient (Wildman–Crippen LogP) is 2.93. The molecule has 1 unspecified atom stereocenters. The highest BCUT2D eigenvalue weighted by Crippen LogP contribution is 2.40. The molecule has 2 aliphatic heterocycles. The van der Waals surface area contributed by atoms with E-state index < -0.39 is 156 Å². The van der Waals surface area contributed by atoms with E-state index in [1.54, 1.807) is 110 Å². The largest absolute Gasteiger partial charge is 0.491 e. The van der Waals surface area contributed by atoms with Gasteiger partial charge in [0.25, 0.3) is 5.91 Å². The van der Waals surface area contributed by atoms with Crippen LogP contribution in [0, 0.1) is 5.92 Å². The van der Waals surface area contributed by atoms with Crippen molar-refractivity contribution in [3.8, 4) is 0 Å². The Morgan fingerprint density at radius 3 is 1.76 bits per heavy atom. The summed E-state index contributed by atoms with van der Waals surface area (Å²) in [4.78, 5) is 81.0. The van der Waals surface area contributed by atoms with Crippen LogP contribution in [0.4, 0.5) is 24.0 Å². The Labute approximate surface area is 446 Å². The van der Waals surface area contributed by atoms with Crippen molar-refractivity contribution in [1.29, 1.82) is 0 Å². The predicted molar refractivity (Wildman–Crippen MR) is 273 cm³/mol. The molecule has 4 rings (SSSR count). The van der Waals surface area contributed by atoms with E-state index in [1.165, 1.54) is 14.0 Å². The van der Waals surface area contributed by atoms with Gasteiger partial charge in [-0.15, -0.1) is 0 Å². The molecule has 6 amide bonds. The first kappa shape index (κ1) is 63.6. The number of hydrogen-bond acceptors (Lipinski definition) is 19. The zero-order valence-corrected chi connectivity index (χ0v) is 47.5. The van der Waals surface area contributed by atoms with Crippen LogP contribution >= 0.6 is 0 Å². The first-order valence-electron chi connectivity index (χ1n) is 25.9. The van der Waals surface area contributed by atoms with Gasteiger partial charge >= 0.3 is 30.5 Å². The first-order valence-corrected chi connectivity index (χ1v) is 25.9. The minimum atomic E-state index is -1.91. The summed E-state index contributed by atoms with van der Waals surface area (Å²) in [5.74, 6) is -1.99. The molecule has 1 saturated heterocycles. The van der Waals surface area contributed by atoms with E-state index in [4.69, 9.17) is 37.9 Å². The SMILES string of the molecule is CN(C(=O)OC(C)(C)C)[C@@H]1[C@@H](O)[C@@H](O[C@H]2[C@H](NC(=O)[C@@H](O)CNC(=O)OC(C)(C)C)C[C@H](NC(=O)OC(C)(C)C)C([C@H]3OC(CNCC4(NC(=O)OC(C)(C)C)CC4)=CC[C@H]3NC(=O)OC(C)(C)C)[C@@H]2O)OC[C@]1(C)O. The highest BCUT2D eigenvalue weighted by molar-refractivity contribution is 5.82. The van der Waals surface area contributed by atoms with E-state index in [-0.39, 0.29) is 19.4 Å². The van der Waals surface area contributed by atoms with Gasteiger partial charge in [-0.2, -0.15) is 0 Å². The van der Waals surface area contributed by atoms with Crippen molar-refractivity contribution in [1.82, 2.24) is 36.8 Å². The third kappa shape index (κ3) is 19.8. The van der Waals surface area contributed by atoms with Gasteiger partial charge in [0.2, 0.25) is 0 Å². The molecule has 25 heteroatoms. The number of hydrogen-bond donors (Lipinski definition) is 10. The second-order valence-electron chi connectivity index (χ2n) is 25.5. The molecule has 76 heavy (non-hydrogen) atoms. The number of rotatable bonds is 15. The third-order valence-electron chi connectivity index (χ3n) is 12.2. The molecule has 436 valence electrons. The van der Waals surface area contributed by atoms with Crippen molar-refractivity contribution >= 4 is 36.4 Å². The fraction of sp³-hybridized carbons (Fsp3) is 0.843. The van der Waals surface area contributed by atoms with Crippen LogP contribution in [0.25, 0.3) is 0 Å². The highest BCUT2D eigenvalue weighted by atomic mass is 16.7. The number of aliphatic hydroxyl groups excluding tert-OH is 3. The van der Waals surface area contributed by atoms with Crippen LogP contribution in [0.3, 0.4) is 0 Å². The van der Waals surface area contributed by atoms with Gasteiger partial charge in [0.05, 0.1) is 49.5 Å². The standard InChI is InChI=1S/C51H89N7O18/c1-45(2,3)72-40(63)53-24-31(59)38(62)54-30-22-29(56-42(65)74-47(7,8)9)32(33(60)36(30)71-39-34(61)37(50(16,68)26-69-39)58(17)44(67)76-49(13,14)15)35-28(55-41(64)73-46(4,5)6)19-18-27(70-35)23-52-25-51(20-21-51)57-43(66)75-48(10,11)12/h18,28-37,39,52,59-61,68H,19-26H2,1-17H3,(H,53,63)(H,54,62)(H,55,64)(H,56,65)(H,57,66)/t28-,29+,30-,31+,32?,33+,34-,35+,36+,37-,39-,50+/m1/s1. The molecule has 4 aliphatic rings. The van der Waals surface area contributed by atoms with E-state index in [0.29, 0.717) is 25.1 Å². The molecule has 0 aromatic rings. The van der Waals surface area contributed by atoms with E-state index in [9.17, 15) is 49.2 Å². The molecule has 2 heterocycles. The minimum Gasteiger partial charge on any atom is -0.491 e. The second-order valence-corrected chi connectivity index (χ2v) is 25.5. The van der Waals surface area contributed by atoms with Crippen LogP contribution in [-0.2, 0) is 42.7 Å². The summed E-state index contributed by atoms with van der Waals surface area (Å²) in [6, 6.07) is -4.99. The van der Waals surface area contributed by atoms with Crippen molar-refractivity contribution in [2.45, 2.75) is 237 Å². The van der Waals surface area contributed by atoms with Crippen LogP contribution in [0.5, 0.6) is 0 Å². The number of amides is 6. The lowest BCUT2D eigenvalue weighted by Gasteiger charge is -2.52. The Morgan fingerprint density at radius 1 is 0.724 bits per heavy atom. The summed E-state index contributed by atoms with van der Waals surface area (Å²) in [6.45, 7) is 25.7. The molecule has 2 saturated carbocycles.